The molecule has 2 N–H and O–H groups in total. The van der Waals surface area contributed by atoms with Crippen LogP contribution >= 0.6 is 0 Å². The van der Waals surface area contributed by atoms with Gasteiger partial charge < -0.3 is 15.4 Å². The van der Waals surface area contributed by atoms with Crippen LogP contribution in [0.2, 0.25) is 0 Å². The predicted octanol–water partition coefficient (Wildman–Crippen LogP) is 3.18. The van der Waals surface area contributed by atoms with Gasteiger partial charge in [0.15, 0.2) is 0 Å². The first kappa shape index (κ1) is 17.2. The molecule has 0 aliphatic carbocycles. The van der Waals surface area contributed by atoms with Crippen molar-refractivity contribution >= 4 is 23.0 Å². The van der Waals surface area contributed by atoms with Gasteiger partial charge in [-0.1, -0.05) is 12.1 Å². The molecule has 8 heteroatoms. The van der Waals surface area contributed by atoms with E-state index >= 15 is 0 Å². The Morgan fingerprint density at radius 2 is 1.96 bits per heavy atom. The standard InChI is InChI=1S/C16H16FN3O4/c1-10(18-13-6-4-3-5-12(13)17)16(21)19-14-9-11(20(22)23)7-8-15(14)24-2/h3-10,18H,1-2H3,(H,19,21)/t10-/m1/s1. The zero-order chi connectivity index (χ0) is 17.7. The van der Waals surface area contributed by atoms with Gasteiger partial charge in [-0.05, 0) is 25.1 Å². The molecular formula is C16H16FN3O4. The molecule has 126 valence electrons. The highest BCUT2D eigenvalue weighted by Gasteiger charge is 2.18. The average Bonchev–Trinajstić information content (AvgIpc) is 2.56. The van der Waals surface area contributed by atoms with E-state index in [-0.39, 0.29) is 22.8 Å². The maximum absolute atomic E-state index is 13.6. The Labute approximate surface area is 137 Å². The number of nitrogens with one attached hydrogen (secondary N) is 2. The number of anilines is 2. The second kappa shape index (κ2) is 7.40. The summed E-state index contributed by atoms with van der Waals surface area (Å²) in [6, 6.07) is 9.05. The number of carbonyl (C=O) groups is 1. The Morgan fingerprint density at radius 3 is 2.58 bits per heavy atom. The van der Waals surface area contributed by atoms with Crippen molar-refractivity contribution in [3.05, 3.63) is 58.4 Å². The third-order valence-electron chi connectivity index (χ3n) is 3.29. The largest absolute Gasteiger partial charge is 0.495 e. The van der Waals surface area contributed by atoms with Gasteiger partial charge in [0, 0.05) is 12.1 Å². The minimum Gasteiger partial charge on any atom is -0.495 e. The summed E-state index contributed by atoms with van der Waals surface area (Å²) in [7, 11) is 1.39. The van der Waals surface area contributed by atoms with Gasteiger partial charge in [0.05, 0.1) is 23.4 Å². The van der Waals surface area contributed by atoms with Gasteiger partial charge in [-0.25, -0.2) is 4.39 Å². The summed E-state index contributed by atoms with van der Waals surface area (Å²) in [5.74, 6) is -0.686. The van der Waals surface area contributed by atoms with Crippen LogP contribution in [-0.2, 0) is 4.79 Å². The average molecular weight is 333 g/mol. The molecule has 0 bridgehead atoms. The van der Waals surface area contributed by atoms with Crippen LogP contribution in [0.25, 0.3) is 0 Å². The molecule has 1 atom stereocenters. The lowest BCUT2D eigenvalue weighted by Gasteiger charge is -2.17. The van der Waals surface area contributed by atoms with E-state index in [9.17, 15) is 19.3 Å². The molecule has 0 aromatic heterocycles. The van der Waals surface area contributed by atoms with Crippen LogP contribution in [0.1, 0.15) is 6.92 Å². The fourth-order valence-electron chi connectivity index (χ4n) is 2.03. The normalized spacial score (nSPS) is 11.5. The molecule has 2 aromatic rings. The van der Waals surface area contributed by atoms with Gasteiger partial charge in [0.1, 0.15) is 17.6 Å². The molecule has 0 aliphatic rings. The van der Waals surface area contributed by atoms with Gasteiger partial charge in [-0.15, -0.1) is 0 Å². The van der Waals surface area contributed by atoms with Crippen LogP contribution in [0.4, 0.5) is 21.5 Å². The molecular weight excluding hydrogens is 317 g/mol. The Balaban J connectivity index is 2.15. The SMILES string of the molecule is COc1ccc([N+](=O)[O-])cc1NC(=O)[C@@H](C)Nc1ccccc1F. The summed E-state index contributed by atoms with van der Waals surface area (Å²) in [6.45, 7) is 1.55. The number of rotatable bonds is 6. The molecule has 0 saturated carbocycles. The molecule has 0 unspecified atom stereocenters. The number of halogens is 1. The number of benzene rings is 2. The van der Waals surface area contributed by atoms with Gasteiger partial charge in [-0.3, -0.25) is 14.9 Å². The Morgan fingerprint density at radius 1 is 1.25 bits per heavy atom. The third-order valence-corrected chi connectivity index (χ3v) is 3.29. The number of nitro benzene ring substituents is 1. The van der Waals surface area contributed by atoms with Crippen molar-refractivity contribution in [1.82, 2.24) is 0 Å². The van der Waals surface area contributed by atoms with Crippen LogP contribution < -0.4 is 15.4 Å². The lowest BCUT2D eigenvalue weighted by atomic mass is 10.2. The van der Waals surface area contributed by atoms with Crippen molar-refractivity contribution in [2.75, 3.05) is 17.7 Å². The Hall–Kier alpha value is -3.16. The van der Waals surface area contributed by atoms with E-state index in [2.05, 4.69) is 10.6 Å². The first-order valence-electron chi connectivity index (χ1n) is 7.06. The highest BCUT2D eigenvalue weighted by Crippen LogP contribution is 2.29. The Kier molecular flexibility index (Phi) is 5.31. The van der Waals surface area contributed by atoms with E-state index in [0.29, 0.717) is 0 Å². The molecule has 0 heterocycles. The molecule has 0 fully saturated rings. The summed E-state index contributed by atoms with van der Waals surface area (Å²) >= 11 is 0. The van der Waals surface area contributed by atoms with Crippen molar-refractivity contribution in [3.63, 3.8) is 0 Å². The maximum Gasteiger partial charge on any atom is 0.271 e. The quantitative estimate of drug-likeness (QED) is 0.625. The van der Waals surface area contributed by atoms with E-state index in [1.165, 1.54) is 37.4 Å². The number of nitrogens with zero attached hydrogens (tertiary/aromatic N) is 1. The van der Waals surface area contributed by atoms with Gasteiger partial charge in [0.2, 0.25) is 5.91 Å². The number of non-ortho nitro benzene ring substituents is 1. The van der Waals surface area contributed by atoms with Crippen LogP contribution in [0, 0.1) is 15.9 Å². The van der Waals surface area contributed by atoms with Crippen molar-refractivity contribution in [1.29, 1.82) is 0 Å². The van der Waals surface area contributed by atoms with Crippen LogP contribution in [-0.4, -0.2) is 24.0 Å². The molecule has 0 aliphatic heterocycles. The molecule has 0 radical (unpaired) electrons. The number of hydrogen-bond donors (Lipinski definition) is 2. The fraction of sp³-hybridized carbons (Fsp3) is 0.188. The van der Waals surface area contributed by atoms with E-state index in [0.717, 1.165) is 0 Å². The number of ether oxygens (including phenoxy) is 1. The smallest absolute Gasteiger partial charge is 0.271 e. The molecule has 2 aromatic carbocycles. The van der Waals surface area contributed by atoms with E-state index in [1.807, 2.05) is 0 Å². The molecule has 2 rings (SSSR count). The van der Waals surface area contributed by atoms with Crippen LogP contribution in [0.5, 0.6) is 5.75 Å². The molecule has 0 spiro atoms. The first-order chi connectivity index (χ1) is 11.4. The number of nitro groups is 1. The summed E-state index contributed by atoms with van der Waals surface area (Å²) in [5, 5.41) is 16.1. The van der Waals surface area contributed by atoms with Crippen molar-refractivity contribution in [2.45, 2.75) is 13.0 Å². The summed E-state index contributed by atoms with van der Waals surface area (Å²) in [4.78, 5) is 22.5. The summed E-state index contributed by atoms with van der Waals surface area (Å²) in [5.41, 5.74) is 0.172. The maximum atomic E-state index is 13.6. The zero-order valence-corrected chi connectivity index (χ0v) is 13.1. The number of amides is 1. The minimum absolute atomic E-state index is 0.166. The van der Waals surface area contributed by atoms with E-state index in [4.69, 9.17) is 4.74 Å². The third kappa shape index (κ3) is 3.97. The monoisotopic (exact) mass is 333 g/mol. The van der Waals surface area contributed by atoms with Gasteiger partial charge in [-0.2, -0.15) is 0 Å². The number of carbonyl (C=O) groups excluding carboxylic acids is 1. The highest BCUT2D eigenvalue weighted by atomic mass is 19.1. The second-order valence-corrected chi connectivity index (χ2v) is 4.98. The fourth-order valence-corrected chi connectivity index (χ4v) is 2.03. The van der Waals surface area contributed by atoms with Gasteiger partial charge in [0.25, 0.3) is 5.69 Å². The van der Waals surface area contributed by atoms with Gasteiger partial charge >= 0.3 is 0 Å². The second-order valence-electron chi connectivity index (χ2n) is 4.98. The Bertz CT molecular complexity index is 767. The summed E-state index contributed by atoms with van der Waals surface area (Å²) < 4.78 is 18.7. The first-order valence-corrected chi connectivity index (χ1v) is 7.06. The predicted molar refractivity (Wildman–Crippen MR) is 87.8 cm³/mol. The highest BCUT2D eigenvalue weighted by molar-refractivity contribution is 5.97. The van der Waals surface area contributed by atoms with Crippen LogP contribution in [0.3, 0.4) is 0 Å². The number of methoxy groups -OCH3 is 1. The molecule has 1 amide bonds. The van der Waals surface area contributed by atoms with Crippen molar-refractivity contribution in [3.8, 4) is 5.75 Å². The number of hydrogen-bond acceptors (Lipinski definition) is 5. The number of para-hydroxylation sites is 1. The molecule has 0 saturated heterocycles. The topological polar surface area (TPSA) is 93.5 Å². The molecule has 24 heavy (non-hydrogen) atoms. The van der Waals surface area contributed by atoms with Crippen LogP contribution in [0.15, 0.2) is 42.5 Å². The summed E-state index contributed by atoms with van der Waals surface area (Å²) in [6.07, 6.45) is 0. The van der Waals surface area contributed by atoms with Crippen molar-refractivity contribution < 1.29 is 18.8 Å². The van der Waals surface area contributed by atoms with E-state index in [1.54, 1.807) is 19.1 Å². The lowest BCUT2D eigenvalue weighted by molar-refractivity contribution is -0.384. The van der Waals surface area contributed by atoms with Crippen molar-refractivity contribution in [2.24, 2.45) is 0 Å². The zero-order valence-electron chi connectivity index (χ0n) is 13.1. The molecule has 7 nitrogen and oxygen atoms in total. The minimum atomic E-state index is -0.772. The van der Waals surface area contributed by atoms with E-state index < -0.39 is 22.7 Å². The lowest BCUT2D eigenvalue weighted by Crippen LogP contribution is -2.32.